The molecule has 0 aromatic rings. The predicted octanol–water partition coefficient (Wildman–Crippen LogP) is 8.66. The first-order valence-electron chi connectivity index (χ1n) is 16.6. The molecule has 0 bridgehead atoms. The molecule has 0 radical (unpaired) electrons. The molecule has 3 aliphatic rings. The number of ether oxygens (including phenoxy) is 3. The third-order valence-corrected chi connectivity index (χ3v) is 16.7. The second kappa shape index (κ2) is 13.2. The number of hydrogen-bond donors (Lipinski definition) is 0. The number of fused-ring (bicyclic) bond motifs is 1. The van der Waals surface area contributed by atoms with Crippen molar-refractivity contribution < 1.29 is 28.2 Å². The fourth-order valence-corrected chi connectivity index (χ4v) is 9.64. The smallest absolute Gasteiger partial charge is 0.316 e. The van der Waals surface area contributed by atoms with Gasteiger partial charge in [0.25, 0.3) is 0 Å². The first kappa shape index (κ1) is 36.2. The Morgan fingerprint density at radius 2 is 1.72 bits per heavy atom. The summed E-state index contributed by atoms with van der Waals surface area (Å²) in [5.41, 5.74) is 2.35. The highest BCUT2D eigenvalue weighted by molar-refractivity contribution is 6.74. The SMILES string of the molecule is C=C1CC[C@H]2[C@](C)(CCC=C(C)C)[C@@H](O[Si](C)(C)C(C)(C)C)CC[C@]2(C)[C@@H]1CC(C(=O)OC)C(=O)C(C)C1(C)OCCO1. The molecule has 0 aromatic heterocycles. The van der Waals surface area contributed by atoms with Gasteiger partial charge in [0.15, 0.2) is 19.9 Å². The summed E-state index contributed by atoms with van der Waals surface area (Å²) in [6.07, 6.45) is 8.95. The second-order valence-corrected chi connectivity index (χ2v) is 20.9. The predicted molar refractivity (Wildman–Crippen MR) is 176 cm³/mol. The normalized spacial score (nSPS) is 32.5. The summed E-state index contributed by atoms with van der Waals surface area (Å²) in [6.45, 7) is 30.0. The molecule has 1 saturated heterocycles. The molecule has 1 heterocycles. The minimum absolute atomic E-state index is 0.0290. The second-order valence-electron chi connectivity index (χ2n) is 16.2. The van der Waals surface area contributed by atoms with Gasteiger partial charge in [-0.05, 0) is 107 Å². The standard InChI is InChI=1S/C36H62O6Si/c1-24(2)15-14-19-35(9)29-17-16-25(3)28(34(29,8)20-18-30(35)42-43(12,13)33(5,6)7)23-27(32(38)39-11)31(37)26(4)36(10)40-21-22-41-36/h15,26-30H,3,14,16-23H2,1-2,4-13H3/t26?,27?,28-,29-,30+,34-,35+/m1/s1. The van der Waals surface area contributed by atoms with Gasteiger partial charge in [0, 0.05) is 0 Å². The highest BCUT2D eigenvalue weighted by Crippen LogP contribution is 2.64. The fraction of sp³-hybridized carbons (Fsp3) is 0.833. The van der Waals surface area contributed by atoms with E-state index >= 15 is 0 Å². The van der Waals surface area contributed by atoms with Crippen LogP contribution in [0.1, 0.15) is 107 Å². The molecule has 43 heavy (non-hydrogen) atoms. The van der Waals surface area contributed by atoms with Gasteiger partial charge in [-0.2, -0.15) is 0 Å². The van der Waals surface area contributed by atoms with E-state index in [0.29, 0.717) is 25.6 Å². The maximum atomic E-state index is 14.0. The van der Waals surface area contributed by atoms with Crippen LogP contribution in [0.2, 0.25) is 18.1 Å². The van der Waals surface area contributed by atoms with E-state index in [2.05, 4.69) is 74.2 Å². The molecule has 2 aliphatic carbocycles. The molecule has 6 nitrogen and oxygen atoms in total. The molecule has 7 heteroatoms. The minimum Gasteiger partial charge on any atom is -0.468 e. The van der Waals surface area contributed by atoms with E-state index in [1.807, 2.05) is 6.92 Å². The van der Waals surface area contributed by atoms with Crippen molar-refractivity contribution in [2.24, 2.45) is 34.5 Å². The van der Waals surface area contributed by atoms with E-state index in [1.54, 1.807) is 6.92 Å². The van der Waals surface area contributed by atoms with E-state index in [4.69, 9.17) is 18.6 Å². The van der Waals surface area contributed by atoms with Crippen LogP contribution in [0.3, 0.4) is 0 Å². The minimum atomic E-state index is -2.01. The lowest BCUT2D eigenvalue weighted by Gasteiger charge is -2.62. The van der Waals surface area contributed by atoms with Crippen LogP contribution < -0.4 is 0 Å². The van der Waals surface area contributed by atoms with Crippen molar-refractivity contribution in [2.45, 2.75) is 137 Å². The van der Waals surface area contributed by atoms with E-state index in [1.165, 1.54) is 12.7 Å². The molecule has 1 aliphatic heterocycles. The van der Waals surface area contributed by atoms with Crippen molar-refractivity contribution >= 4 is 20.1 Å². The van der Waals surface area contributed by atoms with Gasteiger partial charge in [0.1, 0.15) is 5.92 Å². The lowest BCUT2D eigenvalue weighted by molar-refractivity contribution is -0.187. The summed E-state index contributed by atoms with van der Waals surface area (Å²) in [5.74, 6) is -2.74. The van der Waals surface area contributed by atoms with Crippen LogP contribution in [0, 0.1) is 34.5 Å². The van der Waals surface area contributed by atoms with Gasteiger partial charge in [-0.1, -0.05) is 65.3 Å². The Labute approximate surface area is 263 Å². The van der Waals surface area contributed by atoms with Gasteiger partial charge in [-0.15, -0.1) is 0 Å². The van der Waals surface area contributed by atoms with Gasteiger partial charge in [-0.3, -0.25) is 9.59 Å². The van der Waals surface area contributed by atoms with Crippen molar-refractivity contribution in [3.63, 3.8) is 0 Å². The third-order valence-electron chi connectivity index (χ3n) is 12.2. The molecule has 3 fully saturated rings. The Balaban J connectivity index is 2.00. The Hall–Kier alpha value is -1.28. The molecule has 2 unspecified atom stereocenters. The van der Waals surface area contributed by atoms with Crippen molar-refractivity contribution in [1.82, 2.24) is 0 Å². The molecule has 0 aromatic carbocycles. The first-order valence-corrected chi connectivity index (χ1v) is 19.5. The Morgan fingerprint density at radius 1 is 1.12 bits per heavy atom. The molecule has 7 atom stereocenters. The highest BCUT2D eigenvalue weighted by Gasteiger charge is 2.60. The van der Waals surface area contributed by atoms with Gasteiger partial charge < -0.3 is 18.6 Å². The van der Waals surface area contributed by atoms with Gasteiger partial charge in [-0.25, -0.2) is 0 Å². The zero-order chi connectivity index (χ0) is 32.6. The van der Waals surface area contributed by atoms with Crippen LogP contribution in [0.5, 0.6) is 0 Å². The third kappa shape index (κ3) is 7.26. The van der Waals surface area contributed by atoms with E-state index < -0.39 is 31.9 Å². The zero-order valence-electron chi connectivity index (χ0n) is 29.5. The Morgan fingerprint density at radius 3 is 2.26 bits per heavy atom. The topological polar surface area (TPSA) is 71.1 Å². The molecular formula is C36H62O6Si. The summed E-state index contributed by atoms with van der Waals surface area (Å²) < 4.78 is 24.2. The van der Waals surface area contributed by atoms with E-state index in [0.717, 1.165) is 44.1 Å². The average molecular weight is 619 g/mol. The van der Waals surface area contributed by atoms with Crippen LogP contribution in [0.25, 0.3) is 0 Å². The number of allylic oxidation sites excluding steroid dienone is 3. The lowest BCUT2D eigenvalue weighted by Crippen LogP contribution is -2.59. The number of Topliss-reactive ketones (excluding diaryl/α,β-unsaturated/α-hetero) is 1. The molecule has 2 saturated carbocycles. The Kier molecular flexibility index (Phi) is 11.1. The van der Waals surface area contributed by atoms with Crippen LogP contribution in [-0.2, 0) is 28.2 Å². The molecule has 0 spiro atoms. The number of carbonyl (C=O) groups is 2. The van der Waals surface area contributed by atoms with Crippen LogP contribution >= 0.6 is 0 Å². The number of carbonyl (C=O) groups excluding carboxylic acids is 2. The highest BCUT2D eigenvalue weighted by atomic mass is 28.4. The number of rotatable bonds is 11. The summed E-state index contributed by atoms with van der Waals surface area (Å²) in [7, 11) is -0.633. The van der Waals surface area contributed by atoms with Crippen molar-refractivity contribution in [1.29, 1.82) is 0 Å². The molecular weight excluding hydrogens is 556 g/mol. The largest absolute Gasteiger partial charge is 0.468 e. The zero-order valence-corrected chi connectivity index (χ0v) is 30.5. The number of esters is 1. The van der Waals surface area contributed by atoms with Crippen molar-refractivity contribution in [3.8, 4) is 0 Å². The summed E-state index contributed by atoms with van der Waals surface area (Å²) >= 11 is 0. The maximum Gasteiger partial charge on any atom is 0.316 e. The van der Waals surface area contributed by atoms with Crippen molar-refractivity contribution in [2.75, 3.05) is 20.3 Å². The van der Waals surface area contributed by atoms with Gasteiger partial charge in [0.2, 0.25) is 0 Å². The fourth-order valence-electron chi connectivity index (χ4n) is 8.19. The molecule has 3 rings (SSSR count). The van der Waals surface area contributed by atoms with Crippen LogP contribution in [0.15, 0.2) is 23.8 Å². The summed E-state index contributed by atoms with van der Waals surface area (Å²) in [5, 5.41) is 0.131. The molecule has 0 N–H and O–H groups in total. The first-order chi connectivity index (χ1) is 19.7. The van der Waals surface area contributed by atoms with Gasteiger partial charge >= 0.3 is 5.97 Å². The number of ketones is 1. The summed E-state index contributed by atoms with van der Waals surface area (Å²) in [6, 6.07) is 0. The summed E-state index contributed by atoms with van der Waals surface area (Å²) in [4.78, 5) is 27.3. The van der Waals surface area contributed by atoms with Gasteiger partial charge in [0.05, 0.1) is 32.3 Å². The van der Waals surface area contributed by atoms with Crippen LogP contribution in [-0.4, -0.2) is 52.3 Å². The average Bonchev–Trinajstić information content (AvgIpc) is 3.35. The number of hydrogen-bond acceptors (Lipinski definition) is 6. The van der Waals surface area contributed by atoms with E-state index in [9.17, 15) is 9.59 Å². The van der Waals surface area contributed by atoms with E-state index in [-0.39, 0.29) is 33.7 Å². The number of methoxy groups -OCH3 is 1. The van der Waals surface area contributed by atoms with Crippen LogP contribution in [0.4, 0.5) is 0 Å². The molecule has 0 amide bonds. The lowest BCUT2D eigenvalue weighted by atomic mass is 9.45. The maximum absolute atomic E-state index is 14.0. The monoisotopic (exact) mass is 618 g/mol. The molecule has 246 valence electrons. The Bertz CT molecular complexity index is 1060. The quantitative estimate of drug-likeness (QED) is 0.0999. The van der Waals surface area contributed by atoms with Crippen molar-refractivity contribution in [3.05, 3.63) is 23.8 Å².